The van der Waals surface area contributed by atoms with E-state index in [9.17, 15) is 9.59 Å². The molecule has 0 spiro atoms. The van der Waals surface area contributed by atoms with E-state index in [2.05, 4.69) is 5.16 Å². The summed E-state index contributed by atoms with van der Waals surface area (Å²) in [6.45, 7) is 5.00. The molecule has 24 heavy (non-hydrogen) atoms. The van der Waals surface area contributed by atoms with Crippen LogP contribution in [-0.4, -0.2) is 30.6 Å². The fourth-order valence-corrected chi connectivity index (χ4v) is 2.41. The molecule has 0 radical (unpaired) electrons. The Morgan fingerprint density at radius 1 is 1.33 bits per heavy atom. The van der Waals surface area contributed by atoms with Gasteiger partial charge < -0.3 is 14.0 Å². The molecule has 0 amide bonds. The highest BCUT2D eigenvalue weighted by Crippen LogP contribution is 2.26. The van der Waals surface area contributed by atoms with Crippen LogP contribution in [0, 0.1) is 6.92 Å². The first kappa shape index (κ1) is 18.0. The molecule has 1 heterocycles. The van der Waals surface area contributed by atoms with Gasteiger partial charge in [0.15, 0.2) is 18.2 Å². The summed E-state index contributed by atoms with van der Waals surface area (Å²) < 4.78 is 15.3. The minimum atomic E-state index is -0.634. The third kappa shape index (κ3) is 3.76. The van der Waals surface area contributed by atoms with Gasteiger partial charge >= 0.3 is 5.97 Å². The normalized spacial score (nSPS) is 10.8. The molecule has 128 valence electrons. The van der Waals surface area contributed by atoms with Gasteiger partial charge in [0, 0.05) is 11.5 Å². The average molecular weight is 352 g/mol. The number of benzene rings is 1. The van der Waals surface area contributed by atoms with Gasteiger partial charge in [-0.2, -0.15) is 0 Å². The van der Waals surface area contributed by atoms with Gasteiger partial charge in [0.2, 0.25) is 0 Å². The summed E-state index contributed by atoms with van der Waals surface area (Å²) in [6.07, 6.45) is 0. The third-order valence-electron chi connectivity index (χ3n) is 3.43. The van der Waals surface area contributed by atoms with Gasteiger partial charge in [0.25, 0.3) is 0 Å². The molecule has 1 aromatic heterocycles. The van der Waals surface area contributed by atoms with Crippen molar-refractivity contribution in [2.75, 3.05) is 13.7 Å². The number of hydrogen-bond acceptors (Lipinski definition) is 6. The van der Waals surface area contributed by atoms with E-state index in [4.69, 9.17) is 25.6 Å². The van der Waals surface area contributed by atoms with Crippen LogP contribution in [0.4, 0.5) is 0 Å². The van der Waals surface area contributed by atoms with Crippen molar-refractivity contribution in [2.45, 2.75) is 26.7 Å². The topological polar surface area (TPSA) is 78.6 Å². The van der Waals surface area contributed by atoms with Crippen LogP contribution in [0.3, 0.4) is 0 Å². The summed E-state index contributed by atoms with van der Waals surface area (Å²) in [5.74, 6) is -0.118. The van der Waals surface area contributed by atoms with E-state index in [1.54, 1.807) is 19.1 Å². The van der Waals surface area contributed by atoms with Gasteiger partial charge in [-0.25, -0.2) is 4.79 Å². The van der Waals surface area contributed by atoms with Crippen molar-refractivity contribution < 1.29 is 23.6 Å². The largest absolute Gasteiger partial charge is 0.495 e. The number of nitrogens with zero attached hydrogens (tertiary/aromatic N) is 1. The zero-order chi connectivity index (χ0) is 17.9. The van der Waals surface area contributed by atoms with Crippen molar-refractivity contribution in [1.29, 1.82) is 0 Å². The number of Topliss-reactive ketones (excluding diaryl/α,β-unsaturated/α-hetero) is 1. The number of aryl methyl sites for hydroxylation is 1. The second-order valence-corrected chi connectivity index (χ2v) is 5.92. The summed E-state index contributed by atoms with van der Waals surface area (Å²) in [5.41, 5.74) is 1.04. The van der Waals surface area contributed by atoms with E-state index >= 15 is 0 Å². The van der Waals surface area contributed by atoms with Gasteiger partial charge in [0.05, 0.1) is 17.8 Å². The number of methoxy groups -OCH3 is 1. The molecule has 0 N–H and O–H groups in total. The average Bonchev–Trinajstić information content (AvgIpc) is 2.94. The molecule has 7 heteroatoms. The van der Waals surface area contributed by atoms with Crippen LogP contribution in [0.15, 0.2) is 22.7 Å². The lowest BCUT2D eigenvalue weighted by Gasteiger charge is -2.07. The molecule has 0 fully saturated rings. The van der Waals surface area contributed by atoms with Crippen LogP contribution in [0.5, 0.6) is 5.75 Å². The van der Waals surface area contributed by atoms with Crippen LogP contribution in [0.2, 0.25) is 5.02 Å². The number of esters is 1. The quantitative estimate of drug-likeness (QED) is 0.581. The van der Waals surface area contributed by atoms with Crippen LogP contribution in [0.25, 0.3) is 0 Å². The van der Waals surface area contributed by atoms with Crippen molar-refractivity contribution in [2.24, 2.45) is 0 Å². The van der Waals surface area contributed by atoms with E-state index in [-0.39, 0.29) is 17.3 Å². The maximum Gasteiger partial charge on any atom is 0.344 e. The highest BCUT2D eigenvalue weighted by molar-refractivity contribution is 6.32. The Kier molecular flexibility index (Phi) is 5.62. The first-order valence-corrected chi connectivity index (χ1v) is 7.73. The number of ether oxygens (including phenoxy) is 2. The number of carbonyl (C=O) groups is 2. The summed E-state index contributed by atoms with van der Waals surface area (Å²) in [6, 6.07) is 4.62. The van der Waals surface area contributed by atoms with Crippen molar-refractivity contribution in [3.05, 3.63) is 45.8 Å². The third-order valence-corrected chi connectivity index (χ3v) is 3.72. The molecule has 2 rings (SSSR count). The van der Waals surface area contributed by atoms with E-state index < -0.39 is 12.6 Å². The number of hydrogen-bond donors (Lipinski definition) is 0. The molecule has 2 aromatic rings. The number of rotatable bonds is 6. The Morgan fingerprint density at radius 2 is 2.04 bits per heavy atom. The molecule has 0 aliphatic heterocycles. The molecule has 6 nitrogen and oxygen atoms in total. The molecule has 0 aliphatic carbocycles. The van der Waals surface area contributed by atoms with Crippen molar-refractivity contribution in [3.63, 3.8) is 0 Å². The van der Waals surface area contributed by atoms with Crippen molar-refractivity contribution in [3.8, 4) is 5.75 Å². The van der Waals surface area contributed by atoms with Crippen molar-refractivity contribution in [1.82, 2.24) is 5.16 Å². The summed E-state index contributed by atoms with van der Waals surface area (Å²) in [5, 5.41) is 4.09. The Hall–Kier alpha value is -2.34. The second-order valence-electron chi connectivity index (χ2n) is 5.51. The fourth-order valence-electron chi connectivity index (χ4n) is 2.16. The highest BCUT2D eigenvalue weighted by atomic mass is 35.5. The van der Waals surface area contributed by atoms with Gasteiger partial charge in [-0.1, -0.05) is 30.6 Å². The smallest absolute Gasteiger partial charge is 0.344 e. The predicted molar refractivity (Wildman–Crippen MR) is 87.9 cm³/mol. The maximum atomic E-state index is 12.2. The Morgan fingerprint density at radius 3 is 2.62 bits per heavy atom. The molecule has 0 unspecified atom stereocenters. The van der Waals surface area contributed by atoms with E-state index in [0.29, 0.717) is 27.8 Å². The molecular formula is C17H18ClNO5. The number of halogens is 1. The Labute approximate surface area is 144 Å². The van der Waals surface area contributed by atoms with Crippen LogP contribution >= 0.6 is 11.6 Å². The van der Waals surface area contributed by atoms with Crippen LogP contribution < -0.4 is 4.74 Å². The molecule has 0 saturated carbocycles. The van der Waals surface area contributed by atoms with Gasteiger partial charge in [-0.05, 0) is 25.1 Å². The lowest BCUT2D eigenvalue weighted by atomic mass is 10.1. The van der Waals surface area contributed by atoms with Gasteiger partial charge in [-0.3, -0.25) is 4.79 Å². The van der Waals surface area contributed by atoms with E-state index in [1.165, 1.54) is 13.2 Å². The summed E-state index contributed by atoms with van der Waals surface area (Å²) >= 11 is 5.99. The molecule has 0 bridgehead atoms. The monoisotopic (exact) mass is 351 g/mol. The SMILES string of the molecule is COc1ccc(C(=O)COC(=O)c2c(C)noc2C(C)C)cc1Cl. The zero-order valence-corrected chi connectivity index (χ0v) is 14.6. The van der Waals surface area contributed by atoms with Gasteiger partial charge in [-0.15, -0.1) is 0 Å². The number of ketones is 1. The Bertz CT molecular complexity index is 766. The molecule has 0 saturated heterocycles. The molecule has 0 atom stereocenters. The fraction of sp³-hybridized carbons (Fsp3) is 0.353. The molecule has 0 aliphatic rings. The van der Waals surface area contributed by atoms with E-state index in [0.717, 1.165) is 0 Å². The number of aromatic nitrogens is 1. The highest BCUT2D eigenvalue weighted by Gasteiger charge is 2.24. The van der Waals surface area contributed by atoms with Gasteiger partial charge in [0.1, 0.15) is 11.3 Å². The minimum absolute atomic E-state index is 0.0233. The lowest BCUT2D eigenvalue weighted by Crippen LogP contribution is -2.16. The Balaban J connectivity index is 2.08. The predicted octanol–water partition coefficient (Wildman–Crippen LogP) is 3.81. The second kappa shape index (κ2) is 7.49. The maximum absolute atomic E-state index is 12.2. The first-order chi connectivity index (χ1) is 11.3. The zero-order valence-electron chi connectivity index (χ0n) is 13.9. The summed E-state index contributed by atoms with van der Waals surface area (Å²) in [7, 11) is 1.48. The first-order valence-electron chi connectivity index (χ1n) is 7.35. The minimum Gasteiger partial charge on any atom is -0.495 e. The van der Waals surface area contributed by atoms with Crippen molar-refractivity contribution >= 4 is 23.4 Å². The standard InChI is InChI=1S/C17H18ClNO5/c1-9(2)16-15(10(3)19-24-16)17(21)23-8-13(20)11-5-6-14(22-4)12(18)7-11/h5-7,9H,8H2,1-4H3. The summed E-state index contributed by atoms with van der Waals surface area (Å²) in [4.78, 5) is 24.4. The van der Waals surface area contributed by atoms with Crippen LogP contribution in [-0.2, 0) is 4.74 Å². The van der Waals surface area contributed by atoms with E-state index in [1.807, 2.05) is 13.8 Å². The number of carbonyl (C=O) groups excluding carboxylic acids is 2. The van der Waals surface area contributed by atoms with Crippen LogP contribution in [0.1, 0.15) is 51.9 Å². The molecular weight excluding hydrogens is 334 g/mol. The lowest BCUT2D eigenvalue weighted by molar-refractivity contribution is 0.0471. The molecule has 1 aromatic carbocycles.